The normalized spacial score (nSPS) is 20.1. The molecule has 144 valence electrons. The summed E-state index contributed by atoms with van der Waals surface area (Å²) >= 11 is 0. The minimum absolute atomic E-state index is 0.0896. The third-order valence-electron chi connectivity index (χ3n) is 4.51. The van der Waals surface area contributed by atoms with Gasteiger partial charge in [0.25, 0.3) is 0 Å². The second-order valence-electron chi connectivity index (χ2n) is 7.20. The number of ether oxygens (including phenoxy) is 2. The Morgan fingerprint density at radius 2 is 1.62 bits per heavy atom. The van der Waals surface area contributed by atoms with E-state index in [1.54, 1.807) is 4.90 Å². The van der Waals surface area contributed by atoms with Crippen LogP contribution in [-0.4, -0.2) is 42.1 Å². The molecule has 1 amide bonds. The lowest BCUT2D eigenvalue weighted by Gasteiger charge is -2.31. The molecule has 0 aliphatic carbocycles. The zero-order valence-electron chi connectivity index (χ0n) is 16.0. The van der Waals surface area contributed by atoms with Crippen LogP contribution in [0.4, 0.5) is 0 Å². The molecule has 1 fully saturated rings. The molecule has 1 unspecified atom stereocenters. The number of nitrogens with zero attached hydrogens (tertiary/aromatic N) is 1. The van der Waals surface area contributed by atoms with Crippen LogP contribution in [0.1, 0.15) is 46.5 Å². The lowest BCUT2D eigenvalue weighted by Crippen LogP contribution is -2.34. The first kappa shape index (κ1) is 21.7. The molecule has 6 nitrogen and oxygen atoms in total. The molecule has 1 aliphatic heterocycles. The fourth-order valence-corrected chi connectivity index (χ4v) is 2.84. The molecule has 1 heterocycles. The van der Waals surface area contributed by atoms with Crippen LogP contribution in [0.2, 0.25) is 0 Å². The molecule has 0 saturated carbocycles. The third-order valence-corrected chi connectivity index (χ3v) is 4.51. The van der Waals surface area contributed by atoms with Gasteiger partial charge in [-0.05, 0) is 44.6 Å². The Hall–Kier alpha value is -2.37. The highest BCUT2D eigenvalue weighted by Gasteiger charge is 2.34. The van der Waals surface area contributed by atoms with E-state index in [2.05, 4.69) is 19.7 Å². The van der Waals surface area contributed by atoms with Gasteiger partial charge < -0.3 is 14.4 Å². The van der Waals surface area contributed by atoms with Crippen molar-refractivity contribution in [1.82, 2.24) is 4.90 Å². The Bertz CT molecular complexity index is 581. The van der Waals surface area contributed by atoms with Gasteiger partial charge in [0, 0.05) is 30.7 Å². The van der Waals surface area contributed by atoms with Gasteiger partial charge in [-0.1, -0.05) is 26.7 Å². The fraction of sp³-hybridized carbons (Fsp3) is 0.550. The summed E-state index contributed by atoms with van der Waals surface area (Å²) < 4.78 is 10.6. The molecule has 1 aliphatic rings. The van der Waals surface area contributed by atoms with Gasteiger partial charge in [-0.3, -0.25) is 4.79 Å². The molecule has 1 atom stereocenters. The molecule has 0 N–H and O–H groups in total. The fourth-order valence-electron chi connectivity index (χ4n) is 2.84. The van der Waals surface area contributed by atoms with Gasteiger partial charge in [0.1, 0.15) is 0 Å². The average Bonchev–Trinajstić information content (AvgIpc) is 2.75. The zero-order valence-corrected chi connectivity index (χ0v) is 16.0. The van der Waals surface area contributed by atoms with Crippen LogP contribution >= 0.6 is 0 Å². The zero-order chi connectivity index (χ0) is 19.9. The van der Waals surface area contributed by atoms with Crippen LogP contribution in [0.5, 0.6) is 0 Å². The summed E-state index contributed by atoms with van der Waals surface area (Å²) in [4.78, 5) is 37.4. The first-order valence-electron chi connectivity index (χ1n) is 8.72. The van der Waals surface area contributed by atoms with Crippen LogP contribution in [0.3, 0.4) is 0 Å². The van der Waals surface area contributed by atoms with Gasteiger partial charge in [0.15, 0.2) is 0 Å². The highest BCUT2D eigenvalue weighted by Crippen LogP contribution is 2.36. The molecule has 1 rings (SSSR count). The van der Waals surface area contributed by atoms with Gasteiger partial charge in [0.05, 0.1) is 0 Å². The maximum absolute atomic E-state index is 11.9. The van der Waals surface area contributed by atoms with Gasteiger partial charge >= 0.3 is 11.9 Å². The van der Waals surface area contributed by atoms with Crippen molar-refractivity contribution in [3.8, 4) is 0 Å². The third kappa shape index (κ3) is 6.50. The summed E-state index contributed by atoms with van der Waals surface area (Å²) in [7, 11) is 0. The molecule has 26 heavy (non-hydrogen) atoms. The predicted octanol–water partition coefficient (Wildman–Crippen LogP) is 3.15. The summed E-state index contributed by atoms with van der Waals surface area (Å²) in [6, 6.07) is 0. The molecule has 0 radical (unpaired) electrons. The van der Waals surface area contributed by atoms with E-state index in [-0.39, 0.29) is 22.5 Å². The smallest absolute Gasteiger partial charge is 0.336 e. The van der Waals surface area contributed by atoms with E-state index in [0.29, 0.717) is 25.9 Å². The van der Waals surface area contributed by atoms with E-state index in [1.807, 2.05) is 6.92 Å². The van der Waals surface area contributed by atoms with E-state index in [1.165, 1.54) is 19.9 Å². The number of likely N-dealkylation sites (tertiary alicyclic amines) is 1. The molecule has 0 bridgehead atoms. The maximum Gasteiger partial charge on any atom is 0.336 e. The minimum Gasteiger partial charge on any atom is -0.422 e. The second-order valence-corrected chi connectivity index (χ2v) is 7.20. The lowest BCUT2D eigenvalue weighted by atomic mass is 9.79. The number of carbonyl (C=O) groups excluding carboxylic acids is 3. The Balaban J connectivity index is 2.86. The molecule has 1 saturated heterocycles. The minimum atomic E-state index is -1.02. The van der Waals surface area contributed by atoms with Crippen LogP contribution < -0.4 is 0 Å². The molecule has 0 aromatic heterocycles. The van der Waals surface area contributed by atoms with Crippen molar-refractivity contribution in [2.24, 2.45) is 5.41 Å². The van der Waals surface area contributed by atoms with Gasteiger partial charge in [0.2, 0.25) is 12.2 Å². The largest absolute Gasteiger partial charge is 0.422 e. The Morgan fingerprint density at radius 1 is 1.08 bits per heavy atom. The number of hydrogen-bond donors (Lipinski definition) is 0. The number of hydrogen-bond acceptors (Lipinski definition) is 5. The Kier molecular flexibility index (Phi) is 7.80. The van der Waals surface area contributed by atoms with Crippen molar-refractivity contribution >= 4 is 17.8 Å². The average molecular weight is 363 g/mol. The number of esters is 2. The number of carbonyl (C=O) groups is 3. The summed E-state index contributed by atoms with van der Waals surface area (Å²) in [5.74, 6) is -1.30. The first-order valence-corrected chi connectivity index (χ1v) is 8.72. The van der Waals surface area contributed by atoms with Gasteiger partial charge in [-0.15, -0.1) is 0 Å². The van der Waals surface area contributed by atoms with Gasteiger partial charge in [-0.25, -0.2) is 9.59 Å². The quantitative estimate of drug-likeness (QED) is 0.395. The molecular formula is C20H29NO5. The number of rotatable bonds is 7. The van der Waals surface area contributed by atoms with Crippen molar-refractivity contribution in [2.75, 3.05) is 13.1 Å². The summed E-state index contributed by atoms with van der Waals surface area (Å²) in [6.45, 7) is 17.0. The maximum atomic E-state index is 11.9. The van der Waals surface area contributed by atoms with E-state index in [4.69, 9.17) is 9.47 Å². The highest BCUT2D eigenvalue weighted by atomic mass is 16.7. The predicted molar refractivity (Wildman–Crippen MR) is 99.0 cm³/mol. The first-order chi connectivity index (χ1) is 12.1. The van der Waals surface area contributed by atoms with E-state index >= 15 is 0 Å². The van der Waals surface area contributed by atoms with Crippen molar-refractivity contribution in [3.63, 3.8) is 0 Å². The Labute approximate surface area is 155 Å². The molecule has 6 heteroatoms. The molecule has 0 aromatic rings. The lowest BCUT2D eigenvalue weighted by molar-refractivity contribution is -0.188. The number of amides is 1. The SMILES string of the molecule is C=CC(=O)N1CCCC(C)(CC(OC(=O)C(=C)C)OC(=O)C(=C)C)CC1. The molecule has 0 aromatic carbocycles. The molecule has 0 spiro atoms. The Morgan fingerprint density at radius 3 is 2.08 bits per heavy atom. The van der Waals surface area contributed by atoms with Crippen LogP contribution in [0, 0.1) is 5.41 Å². The summed E-state index contributed by atoms with van der Waals surface area (Å²) in [5.41, 5.74) is 0.219. The van der Waals surface area contributed by atoms with Gasteiger partial charge in [-0.2, -0.15) is 0 Å². The molecular weight excluding hydrogens is 334 g/mol. The van der Waals surface area contributed by atoms with Crippen LogP contribution in [0.15, 0.2) is 37.0 Å². The van der Waals surface area contributed by atoms with E-state index < -0.39 is 18.2 Å². The standard InChI is InChI=1S/C20H29NO5/c1-7-16(22)21-11-8-9-20(6,10-12-21)13-17(25-18(23)14(2)3)26-19(24)15(4)5/h7,17H,1-2,4,8-13H2,3,5-6H3. The van der Waals surface area contributed by atoms with Crippen molar-refractivity contribution in [1.29, 1.82) is 0 Å². The topological polar surface area (TPSA) is 72.9 Å². The van der Waals surface area contributed by atoms with E-state index in [0.717, 1.165) is 12.8 Å². The van der Waals surface area contributed by atoms with Crippen LogP contribution in [-0.2, 0) is 23.9 Å². The van der Waals surface area contributed by atoms with Crippen molar-refractivity contribution in [3.05, 3.63) is 37.0 Å². The highest BCUT2D eigenvalue weighted by molar-refractivity contribution is 5.88. The monoisotopic (exact) mass is 363 g/mol. The van der Waals surface area contributed by atoms with Crippen LogP contribution in [0.25, 0.3) is 0 Å². The second kappa shape index (κ2) is 9.36. The summed E-state index contributed by atoms with van der Waals surface area (Å²) in [5, 5.41) is 0. The van der Waals surface area contributed by atoms with Crippen molar-refractivity contribution in [2.45, 2.75) is 52.7 Å². The van der Waals surface area contributed by atoms with Crippen molar-refractivity contribution < 1.29 is 23.9 Å². The van der Waals surface area contributed by atoms with E-state index in [9.17, 15) is 14.4 Å². The summed E-state index contributed by atoms with van der Waals surface area (Å²) in [6.07, 6.45) is 2.98.